The number of hydrogen-bond acceptors (Lipinski definition) is 4. The fourth-order valence-electron chi connectivity index (χ4n) is 1.87. The van der Waals surface area contributed by atoms with Gasteiger partial charge in [0.2, 0.25) is 5.91 Å². The molecular formula is C11H20N2O3. The Morgan fingerprint density at radius 2 is 2.31 bits per heavy atom. The summed E-state index contributed by atoms with van der Waals surface area (Å²) in [5.41, 5.74) is 0. The lowest BCUT2D eigenvalue weighted by atomic mass is 10.3. The van der Waals surface area contributed by atoms with Gasteiger partial charge in [-0.15, -0.1) is 0 Å². The summed E-state index contributed by atoms with van der Waals surface area (Å²) in [4.78, 5) is 13.6. The lowest BCUT2D eigenvalue weighted by molar-refractivity contribution is -0.125. The quantitative estimate of drug-likeness (QED) is 0.647. The summed E-state index contributed by atoms with van der Waals surface area (Å²) in [6.07, 6.45) is 2.37. The minimum Gasteiger partial charge on any atom is -0.394 e. The molecule has 5 heteroatoms. The maximum Gasteiger partial charge on any atom is 0.234 e. The third-order valence-electron chi connectivity index (χ3n) is 3.08. The van der Waals surface area contributed by atoms with Crippen molar-refractivity contribution < 1.29 is 14.6 Å². The van der Waals surface area contributed by atoms with Crippen molar-refractivity contribution in [2.75, 3.05) is 39.4 Å². The highest BCUT2D eigenvalue weighted by Gasteiger charge is 2.24. The molecule has 2 rings (SSSR count). The van der Waals surface area contributed by atoms with Crippen LogP contribution in [0.5, 0.6) is 0 Å². The van der Waals surface area contributed by atoms with Gasteiger partial charge in [0.15, 0.2) is 0 Å². The van der Waals surface area contributed by atoms with E-state index in [1.165, 1.54) is 12.8 Å². The number of ether oxygens (including phenoxy) is 1. The number of nitrogens with one attached hydrogen (secondary N) is 1. The van der Waals surface area contributed by atoms with Crippen molar-refractivity contribution in [3.63, 3.8) is 0 Å². The molecule has 16 heavy (non-hydrogen) atoms. The van der Waals surface area contributed by atoms with E-state index < -0.39 is 0 Å². The van der Waals surface area contributed by atoms with Gasteiger partial charge in [0.05, 0.1) is 25.9 Å². The molecule has 2 fully saturated rings. The number of aliphatic hydroxyl groups excluding tert-OH is 1. The number of morpholine rings is 1. The molecule has 0 bridgehead atoms. The Labute approximate surface area is 95.8 Å². The van der Waals surface area contributed by atoms with Gasteiger partial charge in [-0.2, -0.15) is 0 Å². The molecule has 0 radical (unpaired) electrons. The van der Waals surface area contributed by atoms with E-state index in [0.717, 1.165) is 19.0 Å². The predicted octanol–water partition coefficient (Wildman–Crippen LogP) is -0.794. The third kappa shape index (κ3) is 3.73. The van der Waals surface area contributed by atoms with Crippen molar-refractivity contribution in [3.8, 4) is 0 Å². The molecule has 0 aromatic rings. The largest absolute Gasteiger partial charge is 0.394 e. The number of aliphatic hydroxyl groups is 1. The second-order valence-corrected chi connectivity index (χ2v) is 4.66. The maximum atomic E-state index is 11.6. The van der Waals surface area contributed by atoms with Crippen molar-refractivity contribution >= 4 is 5.91 Å². The number of nitrogens with zero attached hydrogens (tertiary/aromatic N) is 1. The second-order valence-electron chi connectivity index (χ2n) is 4.66. The zero-order valence-electron chi connectivity index (χ0n) is 9.52. The van der Waals surface area contributed by atoms with Gasteiger partial charge in [0, 0.05) is 19.6 Å². The Kier molecular flexibility index (Phi) is 4.15. The molecule has 1 aliphatic carbocycles. The molecular weight excluding hydrogens is 208 g/mol. The van der Waals surface area contributed by atoms with Crippen LogP contribution in [0, 0.1) is 5.92 Å². The zero-order valence-corrected chi connectivity index (χ0v) is 9.52. The first-order valence-corrected chi connectivity index (χ1v) is 5.99. The summed E-state index contributed by atoms with van der Waals surface area (Å²) >= 11 is 0. The standard InChI is InChI=1S/C11H20N2O3/c14-8-10-6-13(3-4-16-10)7-11(15)12-5-9-1-2-9/h9-10,14H,1-8H2,(H,12,15). The van der Waals surface area contributed by atoms with Gasteiger partial charge >= 0.3 is 0 Å². The average molecular weight is 228 g/mol. The van der Waals surface area contributed by atoms with E-state index in [-0.39, 0.29) is 18.6 Å². The molecule has 92 valence electrons. The van der Waals surface area contributed by atoms with E-state index >= 15 is 0 Å². The molecule has 1 atom stereocenters. The van der Waals surface area contributed by atoms with Crippen LogP contribution in [0.4, 0.5) is 0 Å². The van der Waals surface area contributed by atoms with Crippen molar-refractivity contribution in [1.29, 1.82) is 0 Å². The Morgan fingerprint density at radius 1 is 1.50 bits per heavy atom. The monoisotopic (exact) mass is 228 g/mol. The molecule has 1 aliphatic heterocycles. The van der Waals surface area contributed by atoms with Gasteiger partial charge in [-0.3, -0.25) is 9.69 Å². The van der Waals surface area contributed by atoms with Crippen LogP contribution < -0.4 is 5.32 Å². The van der Waals surface area contributed by atoms with Gasteiger partial charge in [-0.05, 0) is 18.8 Å². The summed E-state index contributed by atoms with van der Waals surface area (Å²) in [7, 11) is 0. The highest BCUT2D eigenvalue weighted by atomic mass is 16.5. The molecule has 1 saturated carbocycles. The third-order valence-corrected chi connectivity index (χ3v) is 3.08. The first kappa shape index (κ1) is 11.8. The van der Waals surface area contributed by atoms with Crippen LogP contribution in [0.3, 0.4) is 0 Å². The number of hydrogen-bond donors (Lipinski definition) is 2. The fourth-order valence-corrected chi connectivity index (χ4v) is 1.87. The normalized spacial score (nSPS) is 26.7. The molecule has 2 N–H and O–H groups in total. The highest BCUT2D eigenvalue weighted by Crippen LogP contribution is 2.27. The van der Waals surface area contributed by atoms with Gasteiger partial charge in [-0.25, -0.2) is 0 Å². The first-order valence-electron chi connectivity index (χ1n) is 5.99. The molecule has 1 heterocycles. The van der Waals surface area contributed by atoms with Crippen molar-refractivity contribution in [1.82, 2.24) is 10.2 Å². The second kappa shape index (κ2) is 5.61. The van der Waals surface area contributed by atoms with Crippen molar-refractivity contribution in [2.24, 2.45) is 5.92 Å². The smallest absolute Gasteiger partial charge is 0.234 e. The summed E-state index contributed by atoms with van der Waals surface area (Å²) in [5, 5.41) is 11.9. The molecule has 0 aromatic heterocycles. The van der Waals surface area contributed by atoms with Gasteiger partial charge in [-0.1, -0.05) is 0 Å². The van der Waals surface area contributed by atoms with Crippen LogP contribution in [-0.2, 0) is 9.53 Å². The van der Waals surface area contributed by atoms with Crippen molar-refractivity contribution in [2.45, 2.75) is 18.9 Å². The lowest BCUT2D eigenvalue weighted by Gasteiger charge is -2.31. The van der Waals surface area contributed by atoms with E-state index in [9.17, 15) is 4.79 Å². The van der Waals surface area contributed by atoms with E-state index in [1.807, 2.05) is 4.90 Å². The molecule has 1 amide bonds. The molecule has 0 aromatic carbocycles. The zero-order chi connectivity index (χ0) is 11.4. The summed E-state index contributed by atoms with van der Waals surface area (Å²) in [6.45, 7) is 3.29. The number of carbonyl (C=O) groups excluding carboxylic acids is 1. The van der Waals surface area contributed by atoms with Gasteiger partial charge < -0.3 is 15.2 Å². The minimum absolute atomic E-state index is 0.0280. The molecule has 1 unspecified atom stereocenters. The number of carbonyl (C=O) groups is 1. The van der Waals surface area contributed by atoms with Crippen LogP contribution in [0.2, 0.25) is 0 Å². The summed E-state index contributed by atoms with van der Waals surface area (Å²) in [5.74, 6) is 0.810. The molecule has 5 nitrogen and oxygen atoms in total. The van der Waals surface area contributed by atoms with Crippen LogP contribution in [0.15, 0.2) is 0 Å². The lowest BCUT2D eigenvalue weighted by Crippen LogP contribution is -2.48. The van der Waals surface area contributed by atoms with E-state index in [1.54, 1.807) is 0 Å². The van der Waals surface area contributed by atoms with Crippen LogP contribution >= 0.6 is 0 Å². The molecule has 1 saturated heterocycles. The first-order chi connectivity index (χ1) is 7.78. The number of rotatable bonds is 5. The van der Waals surface area contributed by atoms with E-state index in [4.69, 9.17) is 9.84 Å². The number of amides is 1. The Morgan fingerprint density at radius 3 is 3.00 bits per heavy atom. The highest BCUT2D eigenvalue weighted by molar-refractivity contribution is 5.78. The summed E-state index contributed by atoms with van der Waals surface area (Å²) < 4.78 is 5.32. The van der Waals surface area contributed by atoms with Crippen LogP contribution in [0.1, 0.15) is 12.8 Å². The van der Waals surface area contributed by atoms with Crippen LogP contribution in [-0.4, -0.2) is 61.4 Å². The molecule has 0 spiro atoms. The average Bonchev–Trinajstić information content (AvgIpc) is 3.10. The molecule has 2 aliphatic rings. The summed E-state index contributed by atoms with van der Waals surface area (Å²) in [6, 6.07) is 0. The predicted molar refractivity (Wildman–Crippen MR) is 59.0 cm³/mol. The van der Waals surface area contributed by atoms with Crippen LogP contribution in [0.25, 0.3) is 0 Å². The SMILES string of the molecule is O=C(CN1CCOC(CO)C1)NCC1CC1. The van der Waals surface area contributed by atoms with E-state index in [2.05, 4.69) is 5.32 Å². The Balaban J connectivity index is 1.64. The Bertz CT molecular complexity index is 243. The van der Waals surface area contributed by atoms with Gasteiger partial charge in [0.25, 0.3) is 0 Å². The van der Waals surface area contributed by atoms with Crippen molar-refractivity contribution in [3.05, 3.63) is 0 Å². The Hall–Kier alpha value is -0.650. The van der Waals surface area contributed by atoms with Gasteiger partial charge in [0.1, 0.15) is 0 Å². The van der Waals surface area contributed by atoms with E-state index in [0.29, 0.717) is 19.7 Å². The topological polar surface area (TPSA) is 61.8 Å². The minimum atomic E-state index is -0.134. The maximum absolute atomic E-state index is 11.6. The fraction of sp³-hybridized carbons (Fsp3) is 0.909.